The molecule has 0 aliphatic heterocycles. The number of nitrogens with one attached hydrogen (secondary N) is 1. The number of fused-ring (bicyclic) bond motifs is 1. The number of carbonyl (C=O) groups excluding carboxylic acids is 1. The zero-order valence-corrected chi connectivity index (χ0v) is 14.4. The maximum Gasteiger partial charge on any atom is 0.268 e. The molecule has 1 aromatic carbocycles. The van der Waals surface area contributed by atoms with Crippen LogP contribution in [0.5, 0.6) is 5.75 Å². The molecule has 23 heavy (non-hydrogen) atoms. The minimum Gasteiger partial charge on any atom is -0.493 e. The van der Waals surface area contributed by atoms with Gasteiger partial charge in [0.05, 0.1) is 18.7 Å². The molecule has 5 nitrogen and oxygen atoms in total. The fourth-order valence-electron chi connectivity index (χ4n) is 2.55. The highest BCUT2D eigenvalue weighted by molar-refractivity contribution is 6.00. The molecule has 2 rings (SSSR count). The van der Waals surface area contributed by atoms with E-state index in [0.717, 1.165) is 23.1 Å². The van der Waals surface area contributed by atoms with Crippen LogP contribution in [0.4, 0.5) is 0 Å². The summed E-state index contributed by atoms with van der Waals surface area (Å²) in [6.45, 7) is 7.78. The molecular weight excluding hydrogens is 292 g/mol. The number of aromatic nitrogens is 1. The highest BCUT2D eigenvalue weighted by Crippen LogP contribution is 2.29. The average Bonchev–Trinajstić information content (AvgIpc) is 2.92. The summed E-state index contributed by atoms with van der Waals surface area (Å²) in [5.74, 6) is 0.743. The number of amides is 1. The SMILES string of the molecule is CCOc1cccc2c1cc(C(=O)NC(C)CC)n2CCOC. The van der Waals surface area contributed by atoms with Crippen LogP contribution in [0.25, 0.3) is 10.9 Å². The number of ether oxygens (including phenoxy) is 2. The summed E-state index contributed by atoms with van der Waals surface area (Å²) in [4.78, 5) is 12.6. The summed E-state index contributed by atoms with van der Waals surface area (Å²) in [6, 6.07) is 7.94. The Labute approximate surface area is 137 Å². The minimum absolute atomic E-state index is 0.0610. The van der Waals surface area contributed by atoms with Crippen LogP contribution in [-0.2, 0) is 11.3 Å². The van der Waals surface area contributed by atoms with Crippen molar-refractivity contribution < 1.29 is 14.3 Å². The van der Waals surface area contributed by atoms with Gasteiger partial charge < -0.3 is 19.4 Å². The van der Waals surface area contributed by atoms with Crippen molar-refractivity contribution in [3.63, 3.8) is 0 Å². The van der Waals surface area contributed by atoms with Crippen LogP contribution in [0.1, 0.15) is 37.7 Å². The van der Waals surface area contributed by atoms with E-state index in [1.54, 1.807) is 7.11 Å². The molecule has 0 spiro atoms. The number of hydrogen-bond acceptors (Lipinski definition) is 3. The lowest BCUT2D eigenvalue weighted by molar-refractivity contribution is 0.0928. The molecule has 1 aromatic heterocycles. The van der Waals surface area contributed by atoms with Crippen LogP contribution in [0.2, 0.25) is 0 Å². The first-order valence-electron chi connectivity index (χ1n) is 8.17. The fourth-order valence-corrected chi connectivity index (χ4v) is 2.55. The summed E-state index contributed by atoms with van der Waals surface area (Å²) in [5.41, 5.74) is 1.63. The van der Waals surface area contributed by atoms with E-state index in [1.165, 1.54) is 0 Å². The Balaban J connectivity index is 2.48. The van der Waals surface area contributed by atoms with Gasteiger partial charge in [0.25, 0.3) is 5.91 Å². The maximum atomic E-state index is 12.6. The molecule has 0 bridgehead atoms. The van der Waals surface area contributed by atoms with Gasteiger partial charge in [0.1, 0.15) is 11.4 Å². The van der Waals surface area contributed by atoms with E-state index in [0.29, 0.717) is 25.5 Å². The van der Waals surface area contributed by atoms with Crippen LogP contribution < -0.4 is 10.1 Å². The van der Waals surface area contributed by atoms with Gasteiger partial charge in [0.2, 0.25) is 0 Å². The summed E-state index contributed by atoms with van der Waals surface area (Å²) in [6.07, 6.45) is 0.897. The summed E-state index contributed by atoms with van der Waals surface area (Å²) in [5, 5.41) is 3.99. The molecule has 1 atom stereocenters. The van der Waals surface area contributed by atoms with Gasteiger partial charge in [-0.15, -0.1) is 0 Å². The predicted octanol–water partition coefficient (Wildman–Crippen LogP) is 3.21. The minimum atomic E-state index is -0.0610. The van der Waals surface area contributed by atoms with Crippen LogP contribution in [0.15, 0.2) is 24.3 Å². The largest absolute Gasteiger partial charge is 0.493 e. The Morgan fingerprint density at radius 2 is 2.13 bits per heavy atom. The normalized spacial score (nSPS) is 12.3. The Hall–Kier alpha value is -2.01. The third kappa shape index (κ3) is 3.85. The fraction of sp³-hybridized carbons (Fsp3) is 0.500. The standard InChI is InChI=1S/C18H26N2O3/c1-5-13(3)19-18(21)16-12-14-15(20(16)10-11-22-4)8-7-9-17(14)23-6-2/h7-9,12-13H,5-6,10-11H2,1-4H3,(H,19,21). The van der Waals surface area contributed by atoms with Gasteiger partial charge in [0, 0.05) is 25.1 Å². The molecule has 1 amide bonds. The molecule has 1 unspecified atom stereocenters. The van der Waals surface area contributed by atoms with Gasteiger partial charge in [-0.1, -0.05) is 13.0 Å². The summed E-state index contributed by atoms with van der Waals surface area (Å²) in [7, 11) is 1.66. The average molecular weight is 318 g/mol. The Morgan fingerprint density at radius 3 is 2.78 bits per heavy atom. The maximum absolute atomic E-state index is 12.6. The highest BCUT2D eigenvalue weighted by atomic mass is 16.5. The van der Waals surface area contributed by atoms with Crippen molar-refractivity contribution in [2.45, 2.75) is 39.8 Å². The van der Waals surface area contributed by atoms with E-state index in [4.69, 9.17) is 9.47 Å². The molecular formula is C18H26N2O3. The van der Waals surface area contributed by atoms with Gasteiger partial charge in [-0.2, -0.15) is 0 Å². The smallest absolute Gasteiger partial charge is 0.268 e. The first-order chi connectivity index (χ1) is 11.1. The zero-order valence-electron chi connectivity index (χ0n) is 14.4. The third-order valence-electron chi connectivity index (χ3n) is 3.95. The highest BCUT2D eigenvalue weighted by Gasteiger charge is 2.18. The van der Waals surface area contributed by atoms with E-state index in [-0.39, 0.29) is 11.9 Å². The molecule has 0 fully saturated rings. The second-order valence-electron chi connectivity index (χ2n) is 5.58. The van der Waals surface area contributed by atoms with Crippen LogP contribution in [0, 0.1) is 0 Å². The van der Waals surface area contributed by atoms with Crippen molar-refractivity contribution in [3.05, 3.63) is 30.0 Å². The molecule has 1 heterocycles. The number of rotatable bonds is 8. The molecule has 0 saturated carbocycles. The van der Waals surface area contributed by atoms with E-state index in [2.05, 4.69) is 12.2 Å². The molecule has 2 aromatic rings. The van der Waals surface area contributed by atoms with Crippen molar-refractivity contribution in [2.24, 2.45) is 0 Å². The van der Waals surface area contributed by atoms with Crippen molar-refractivity contribution in [3.8, 4) is 5.75 Å². The first-order valence-corrected chi connectivity index (χ1v) is 8.17. The Kier molecular flexibility index (Phi) is 6.04. The second kappa shape index (κ2) is 8.02. The summed E-state index contributed by atoms with van der Waals surface area (Å²) < 4.78 is 12.9. The number of nitrogens with zero attached hydrogens (tertiary/aromatic N) is 1. The second-order valence-corrected chi connectivity index (χ2v) is 5.58. The lowest BCUT2D eigenvalue weighted by atomic mass is 10.2. The van der Waals surface area contributed by atoms with Gasteiger partial charge in [-0.05, 0) is 38.5 Å². The van der Waals surface area contributed by atoms with Crippen molar-refractivity contribution >= 4 is 16.8 Å². The number of carbonyl (C=O) groups is 1. The van der Waals surface area contributed by atoms with Crippen LogP contribution >= 0.6 is 0 Å². The summed E-state index contributed by atoms with van der Waals surface area (Å²) >= 11 is 0. The number of hydrogen-bond donors (Lipinski definition) is 1. The third-order valence-corrected chi connectivity index (χ3v) is 3.95. The number of benzene rings is 1. The van der Waals surface area contributed by atoms with Gasteiger partial charge in [0.15, 0.2) is 0 Å². The molecule has 1 N–H and O–H groups in total. The predicted molar refractivity (Wildman–Crippen MR) is 92.2 cm³/mol. The van der Waals surface area contributed by atoms with E-state index >= 15 is 0 Å². The van der Waals surface area contributed by atoms with Crippen molar-refractivity contribution in [1.82, 2.24) is 9.88 Å². The van der Waals surface area contributed by atoms with Gasteiger partial charge in [-0.25, -0.2) is 0 Å². The molecule has 0 radical (unpaired) electrons. The first kappa shape index (κ1) is 17.3. The van der Waals surface area contributed by atoms with Gasteiger partial charge in [-0.3, -0.25) is 4.79 Å². The molecule has 126 valence electrons. The lowest BCUT2D eigenvalue weighted by Gasteiger charge is -2.14. The molecule has 0 aliphatic carbocycles. The van der Waals surface area contributed by atoms with Gasteiger partial charge >= 0.3 is 0 Å². The van der Waals surface area contributed by atoms with Crippen LogP contribution in [-0.4, -0.2) is 36.8 Å². The van der Waals surface area contributed by atoms with E-state index in [1.807, 2.05) is 42.7 Å². The molecule has 0 aliphatic rings. The number of methoxy groups -OCH3 is 1. The van der Waals surface area contributed by atoms with E-state index < -0.39 is 0 Å². The van der Waals surface area contributed by atoms with Crippen molar-refractivity contribution in [2.75, 3.05) is 20.3 Å². The monoisotopic (exact) mass is 318 g/mol. The van der Waals surface area contributed by atoms with E-state index in [9.17, 15) is 4.79 Å². The van der Waals surface area contributed by atoms with Crippen LogP contribution in [0.3, 0.4) is 0 Å². The quantitative estimate of drug-likeness (QED) is 0.813. The zero-order chi connectivity index (χ0) is 16.8. The van der Waals surface area contributed by atoms with Crippen molar-refractivity contribution in [1.29, 1.82) is 0 Å². The Morgan fingerprint density at radius 1 is 1.35 bits per heavy atom. The topological polar surface area (TPSA) is 52.5 Å². The lowest BCUT2D eigenvalue weighted by Crippen LogP contribution is -2.33. The molecule has 0 saturated heterocycles. The molecule has 5 heteroatoms. The Bertz CT molecular complexity index is 664.